The molecule has 4 N–H and O–H groups in total. The summed E-state index contributed by atoms with van der Waals surface area (Å²) in [7, 11) is 0. The second-order valence-corrected chi connectivity index (χ2v) is 12.7. The van der Waals surface area contributed by atoms with Crippen LogP contribution in [0.3, 0.4) is 0 Å². The van der Waals surface area contributed by atoms with E-state index in [4.69, 9.17) is 10.5 Å². The minimum absolute atomic E-state index is 0.0466. The second kappa shape index (κ2) is 17.1. The van der Waals surface area contributed by atoms with E-state index in [0.29, 0.717) is 13.0 Å². The van der Waals surface area contributed by atoms with Crippen LogP contribution in [-0.2, 0) is 19.1 Å². The molecule has 0 bridgehead atoms. The molecule has 1 aliphatic carbocycles. The lowest BCUT2D eigenvalue weighted by Crippen LogP contribution is -2.55. The molecule has 1 aromatic carbocycles. The highest BCUT2D eigenvalue weighted by Gasteiger charge is 2.38. The number of amides is 4. The van der Waals surface area contributed by atoms with Gasteiger partial charge in [0, 0.05) is 12.6 Å². The number of ether oxygens (including phenoxy) is 1. The zero-order chi connectivity index (χ0) is 31.3. The monoisotopic (exact) mass is 586 g/mol. The number of hydrogen-bond donors (Lipinski definition) is 3. The van der Waals surface area contributed by atoms with Crippen molar-refractivity contribution in [3.8, 4) is 0 Å². The number of nitrogens with one attached hydrogen (secondary N) is 2. The summed E-state index contributed by atoms with van der Waals surface area (Å²) in [6.45, 7) is 11.5. The summed E-state index contributed by atoms with van der Waals surface area (Å²) in [6, 6.07) is 3.67. The van der Waals surface area contributed by atoms with E-state index in [1.54, 1.807) is 25.7 Å². The normalized spacial score (nSPS) is 15.4. The van der Waals surface area contributed by atoms with Crippen LogP contribution < -0.4 is 16.4 Å². The molecule has 0 heterocycles. The Balaban J connectivity index is 2.51. The molecule has 0 aliphatic heterocycles. The predicted molar refractivity (Wildman–Crippen MR) is 166 cm³/mol. The van der Waals surface area contributed by atoms with Gasteiger partial charge in [0.1, 0.15) is 17.7 Å². The van der Waals surface area contributed by atoms with Crippen LogP contribution in [-0.4, -0.2) is 52.9 Å². The van der Waals surface area contributed by atoms with Gasteiger partial charge in [0.15, 0.2) is 0 Å². The molecule has 2 unspecified atom stereocenters. The van der Waals surface area contributed by atoms with E-state index >= 15 is 0 Å². The van der Waals surface area contributed by atoms with E-state index < -0.39 is 42.0 Å². The van der Waals surface area contributed by atoms with E-state index in [1.165, 1.54) is 0 Å². The van der Waals surface area contributed by atoms with Crippen molar-refractivity contribution in [2.45, 2.75) is 142 Å². The maximum Gasteiger partial charge on any atom is 0.408 e. The number of rotatable bonds is 15. The topological polar surface area (TPSA) is 131 Å². The van der Waals surface area contributed by atoms with Crippen LogP contribution in [0.25, 0.3) is 0 Å². The molecule has 4 amide bonds. The van der Waals surface area contributed by atoms with Gasteiger partial charge in [-0.3, -0.25) is 14.4 Å². The highest BCUT2D eigenvalue weighted by Crippen LogP contribution is 2.30. The predicted octanol–water partition coefficient (Wildman–Crippen LogP) is 5.75. The first-order chi connectivity index (χ1) is 19.8. The molecular weight excluding hydrogens is 532 g/mol. The Morgan fingerprint density at radius 1 is 0.976 bits per heavy atom. The Morgan fingerprint density at radius 2 is 1.57 bits per heavy atom. The van der Waals surface area contributed by atoms with Crippen LogP contribution in [0.5, 0.6) is 0 Å². The molecule has 0 saturated heterocycles. The first-order valence-electron chi connectivity index (χ1n) is 15.8. The minimum atomic E-state index is -1.27. The molecule has 0 aromatic heterocycles. The molecule has 1 aromatic rings. The van der Waals surface area contributed by atoms with Gasteiger partial charge in [0.25, 0.3) is 0 Å². The Morgan fingerprint density at radius 3 is 2.14 bits per heavy atom. The fraction of sp³-hybridized carbons (Fsp3) is 0.697. The maximum atomic E-state index is 14.3. The third kappa shape index (κ3) is 11.6. The molecule has 1 aliphatic rings. The zero-order valence-corrected chi connectivity index (χ0v) is 26.7. The van der Waals surface area contributed by atoms with Crippen LogP contribution in [0.2, 0.25) is 0 Å². The molecule has 0 spiro atoms. The molecule has 1 saturated carbocycles. The zero-order valence-electron chi connectivity index (χ0n) is 26.7. The molecule has 236 valence electrons. The van der Waals surface area contributed by atoms with E-state index in [-0.39, 0.29) is 11.9 Å². The molecule has 9 nitrogen and oxygen atoms in total. The number of nitrogens with zero attached hydrogens (tertiary/aromatic N) is 1. The fourth-order valence-electron chi connectivity index (χ4n) is 5.69. The lowest BCUT2D eigenvalue weighted by Gasteiger charge is -2.36. The van der Waals surface area contributed by atoms with Crippen LogP contribution in [0.1, 0.15) is 127 Å². The quantitative estimate of drug-likeness (QED) is 0.225. The summed E-state index contributed by atoms with van der Waals surface area (Å²) in [5.41, 5.74) is 7.29. The minimum Gasteiger partial charge on any atom is -0.444 e. The van der Waals surface area contributed by atoms with Crippen LogP contribution >= 0.6 is 0 Å². The van der Waals surface area contributed by atoms with Crippen molar-refractivity contribution in [2.24, 2.45) is 5.73 Å². The number of alkyl carbamates (subject to hydrolysis) is 1. The number of benzene rings is 1. The number of carbonyl (C=O) groups excluding carboxylic acids is 4. The van der Waals surface area contributed by atoms with Gasteiger partial charge in [-0.15, -0.1) is 0 Å². The second-order valence-electron chi connectivity index (χ2n) is 12.7. The van der Waals surface area contributed by atoms with Gasteiger partial charge < -0.3 is 26.0 Å². The van der Waals surface area contributed by atoms with Gasteiger partial charge in [-0.25, -0.2) is 4.79 Å². The molecule has 9 heteroatoms. The lowest BCUT2D eigenvalue weighted by molar-refractivity contribution is -0.143. The smallest absolute Gasteiger partial charge is 0.408 e. The van der Waals surface area contributed by atoms with Crippen molar-refractivity contribution in [2.75, 3.05) is 6.54 Å². The van der Waals surface area contributed by atoms with Gasteiger partial charge >= 0.3 is 6.09 Å². The first-order valence-corrected chi connectivity index (χ1v) is 15.8. The lowest BCUT2D eigenvalue weighted by atomic mass is 9.91. The summed E-state index contributed by atoms with van der Waals surface area (Å²) < 4.78 is 5.39. The Hall–Kier alpha value is -3.10. The van der Waals surface area contributed by atoms with E-state index in [1.807, 2.05) is 32.0 Å². The van der Waals surface area contributed by atoms with Crippen LogP contribution in [0.4, 0.5) is 4.79 Å². The van der Waals surface area contributed by atoms with E-state index in [0.717, 1.165) is 80.9 Å². The number of nitrogens with two attached hydrogens (primary N) is 1. The maximum absolute atomic E-state index is 14.3. The van der Waals surface area contributed by atoms with Crippen molar-refractivity contribution < 1.29 is 23.9 Å². The Bertz CT molecular complexity index is 1030. The highest BCUT2D eigenvalue weighted by atomic mass is 16.6. The SMILES string of the molecule is CCCCCCCCN(C(=O)C(CC(N)=O)NC(=O)OC(C)(C)C)C(C(=O)NC1CCCCC1)c1c(C)cccc1C. The third-order valence-electron chi connectivity index (χ3n) is 7.76. The van der Waals surface area contributed by atoms with Crippen LogP contribution in [0.15, 0.2) is 18.2 Å². The number of unbranched alkanes of at least 4 members (excludes halogenated alkanes) is 5. The van der Waals surface area contributed by atoms with Gasteiger partial charge in [0.05, 0.1) is 6.42 Å². The molecule has 1 fully saturated rings. The number of hydrogen-bond acceptors (Lipinski definition) is 5. The Kier molecular flexibility index (Phi) is 14.3. The van der Waals surface area contributed by atoms with Crippen molar-refractivity contribution >= 4 is 23.8 Å². The highest BCUT2D eigenvalue weighted by molar-refractivity contribution is 5.95. The summed E-state index contributed by atoms with van der Waals surface area (Å²) in [5, 5.41) is 5.82. The molecule has 2 rings (SSSR count). The van der Waals surface area contributed by atoms with Crippen molar-refractivity contribution in [1.29, 1.82) is 0 Å². The molecule has 0 radical (unpaired) electrons. The summed E-state index contributed by atoms with van der Waals surface area (Å²) in [6.07, 6.45) is 9.84. The summed E-state index contributed by atoms with van der Waals surface area (Å²) >= 11 is 0. The Labute approximate surface area is 252 Å². The average molecular weight is 587 g/mol. The van der Waals surface area contributed by atoms with Crippen molar-refractivity contribution in [1.82, 2.24) is 15.5 Å². The van der Waals surface area contributed by atoms with Crippen LogP contribution in [0, 0.1) is 13.8 Å². The van der Waals surface area contributed by atoms with Crippen molar-refractivity contribution in [3.63, 3.8) is 0 Å². The number of aryl methyl sites for hydroxylation is 2. The van der Waals surface area contributed by atoms with Gasteiger partial charge in [0.2, 0.25) is 17.7 Å². The first kappa shape index (κ1) is 35.1. The standard InChI is InChI=1S/C33H54N4O5/c1-7-8-9-10-11-15-21-37(31(40)26(22-27(34)38)36-32(41)42-33(4,5)6)29(28-23(2)17-16-18-24(28)3)30(39)35-25-19-13-12-14-20-25/h16-18,25-26,29H,7-15,19-22H2,1-6H3,(H2,34,38)(H,35,39)(H,36,41). The summed E-state index contributed by atoms with van der Waals surface area (Å²) in [5.74, 6) is -1.51. The summed E-state index contributed by atoms with van der Waals surface area (Å²) in [4.78, 5) is 54.9. The number of carbonyl (C=O) groups is 4. The largest absolute Gasteiger partial charge is 0.444 e. The van der Waals surface area contributed by atoms with E-state index in [2.05, 4.69) is 17.6 Å². The third-order valence-corrected chi connectivity index (χ3v) is 7.76. The van der Waals surface area contributed by atoms with Crippen molar-refractivity contribution in [3.05, 3.63) is 34.9 Å². The van der Waals surface area contributed by atoms with Gasteiger partial charge in [-0.2, -0.15) is 0 Å². The molecule has 42 heavy (non-hydrogen) atoms. The average Bonchev–Trinajstić information content (AvgIpc) is 2.89. The number of primary amides is 1. The van der Waals surface area contributed by atoms with Gasteiger partial charge in [-0.05, 0) is 70.6 Å². The molecule has 2 atom stereocenters. The van der Waals surface area contributed by atoms with E-state index in [9.17, 15) is 19.2 Å². The molecular formula is C33H54N4O5. The van der Waals surface area contributed by atoms with Gasteiger partial charge in [-0.1, -0.05) is 76.5 Å². The fourth-order valence-corrected chi connectivity index (χ4v) is 5.69.